The number of morpholine rings is 1. The first kappa shape index (κ1) is 19.8. The van der Waals surface area contributed by atoms with Gasteiger partial charge in [0.15, 0.2) is 9.84 Å². The third-order valence-electron chi connectivity index (χ3n) is 5.03. The monoisotopic (exact) mass is 394 g/mol. The summed E-state index contributed by atoms with van der Waals surface area (Å²) in [7, 11) is -2.91. The van der Waals surface area contributed by atoms with Crippen LogP contribution in [-0.4, -0.2) is 62.4 Å². The lowest BCUT2D eigenvalue weighted by atomic mass is 10.0. The molecular weight excluding hydrogens is 368 g/mol. The van der Waals surface area contributed by atoms with Crippen LogP contribution in [0.5, 0.6) is 0 Å². The van der Waals surface area contributed by atoms with Gasteiger partial charge in [-0.25, -0.2) is 8.42 Å². The van der Waals surface area contributed by atoms with E-state index >= 15 is 0 Å². The van der Waals surface area contributed by atoms with Crippen LogP contribution in [0, 0.1) is 5.92 Å². The fourth-order valence-electron chi connectivity index (χ4n) is 3.57. The molecule has 8 heteroatoms. The van der Waals surface area contributed by atoms with Gasteiger partial charge in [-0.05, 0) is 43.9 Å². The summed E-state index contributed by atoms with van der Waals surface area (Å²) in [5.74, 6) is 0.240. The average molecular weight is 394 g/mol. The Labute approximate surface area is 160 Å². The number of sulfone groups is 1. The molecule has 2 amide bonds. The first-order valence-electron chi connectivity index (χ1n) is 9.33. The maximum atomic E-state index is 12.6. The Morgan fingerprint density at radius 2 is 2.15 bits per heavy atom. The second-order valence-corrected chi connectivity index (χ2v) is 9.60. The highest BCUT2D eigenvalue weighted by atomic mass is 32.2. The Balaban J connectivity index is 1.54. The molecule has 1 aromatic rings. The van der Waals surface area contributed by atoms with Crippen molar-refractivity contribution in [2.45, 2.75) is 32.3 Å². The number of rotatable bonds is 5. The molecule has 7 nitrogen and oxygen atoms in total. The molecule has 2 aliphatic rings. The van der Waals surface area contributed by atoms with Crippen molar-refractivity contribution in [2.24, 2.45) is 5.92 Å². The summed E-state index contributed by atoms with van der Waals surface area (Å²) < 4.78 is 28.4. The summed E-state index contributed by atoms with van der Waals surface area (Å²) >= 11 is 0. The molecule has 2 aliphatic heterocycles. The van der Waals surface area contributed by atoms with Gasteiger partial charge in [-0.15, -0.1) is 0 Å². The Kier molecular flexibility index (Phi) is 6.16. The molecule has 2 heterocycles. The van der Waals surface area contributed by atoms with E-state index in [0.717, 1.165) is 0 Å². The molecule has 0 saturated carbocycles. The zero-order chi connectivity index (χ0) is 19.4. The molecule has 2 unspecified atom stereocenters. The van der Waals surface area contributed by atoms with E-state index < -0.39 is 9.84 Å². The minimum Gasteiger partial charge on any atom is -0.375 e. The topological polar surface area (TPSA) is 92.8 Å². The highest BCUT2D eigenvalue weighted by Gasteiger charge is 2.28. The molecule has 27 heavy (non-hydrogen) atoms. The van der Waals surface area contributed by atoms with Crippen molar-refractivity contribution in [3.63, 3.8) is 0 Å². The summed E-state index contributed by atoms with van der Waals surface area (Å²) in [6.45, 7) is 3.58. The molecule has 0 radical (unpaired) electrons. The van der Waals surface area contributed by atoms with Crippen molar-refractivity contribution in [1.82, 2.24) is 4.90 Å². The van der Waals surface area contributed by atoms with Gasteiger partial charge in [0.1, 0.15) is 0 Å². The van der Waals surface area contributed by atoms with Crippen LogP contribution in [0.1, 0.15) is 36.5 Å². The number of hydrogen-bond acceptors (Lipinski definition) is 5. The molecule has 2 atom stereocenters. The molecule has 148 valence electrons. The number of benzene rings is 1. The third-order valence-corrected chi connectivity index (χ3v) is 6.86. The summed E-state index contributed by atoms with van der Waals surface area (Å²) in [6.07, 6.45) is 1.50. The minimum atomic E-state index is -2.91. The Morgan fingerprint density at radius 1 is 1.33 bits per heavy atom. The van der Waals surface area contributed by atoms with E-state index in [1.54, 1.807) is 29.2 Å². The van der Waals surface area contributed by atoms with E-state index in [2.05, 4.69) is 5.32 Å². The smallest absolute Gasteiger partial charge is 0.254 e. The van der Waals surface area contributed by atoms with Gasteiger partial charge < -0.3 is 15.0 Å². The highest BCUT2D eigenvalue weighted by molar-refractivity contribution is 7.91. The van der Waals surface area contributed by atoms with E-state index in [1.807, 2.05) is 6.92 Å². The van der Waals surface area contributed by atoms with Crippen molar-refractivity contribution < 1.29 is 22.7 Å². The van der Waals surface area contributed by atoms with Crippen LogP contribution in [0.2, 0.25) is 0 Å². The number of hydrogen-bond donors (Lipinski definition) is 1. The third kappa shape index (κ3) is 5.52. The molecule has 2 fully saturated rings. The lowest BCUT2D eigenvalue weighted by Crippen LogP contribution is -2.44. The Morgan fingerprint density at radius 3 is 2.85 bits per heavy atom. The van der Waals surface area contributed by atoms with Crippen LogP contribution in [0.15, 0.2) is 24.3 Å². The van der Waals surface area contributed by atoms with Gasteiger partial charge in [0.25, 0.3) is 5.91 Å². The fourth-order valence-corrected chi connectivity index (χ4v) is 5.48. The average Bonchev–Trinajstić information content (AvgIpc) is 2.98. The number of ether oxygens (including phenoxy) is 1. The highest BCUT2D eigenvalue weighted by Crippen LogP contribution is 2.23. The predicted molar refractivity (Wildman–Crippen MR) is 102 cm³/mol. The molecule has 2 saturated heterocycles. The number of nitrogens with one attached hydrogen (secondary N) is 1. The van der Waals surface area contributed by atoms with Crippen LogP contribution < -0.4 is 5.32 Å². The number of amides is 2. The van der Waals surface area contributed by atoms with Gasteiger partial charge in [0.05, 0.1) is 24.2 Å². The second-order valence-electron chi connectivity index (χ2n) is 7.37. The van der Waals surface area contributed by atoms with Gasteiger partial charge >= 0.3 is 0 Å². The van der Waals surface area contributed by atoms with Gasteiger partial charge in [-0.3, -0.25) is 9.59 Å². The number of carbonyl (C=O) groups excluding carboxylic acids is 2. The minimum absolute atomic E-state index is 0.0185. The number of anilines is 1. The maximum absolute atomic E-state index is 12.6. The molecule has 3 rings (SSSR count). The van der Waals surface area contributed by atoms with Gasteiger partial charge in [-0.2, -0.15) is 0 Å². The summed E-state index contributed by atoms with van der Waals surface area (Å²) in [6, 6.07) is 6.91. The second kappa shape index (κ2) is 8.39. The normalized spacial score (nSPS) is 24.6. The molecule has 0 bridgehead atoms. The molecule has 0 spiro atoms. The van der Waals surface area contributed by atoms with Crippen LogP contribution in [0.25, 0.3) is 0 Å². The van der Waals surface area contributed by atoms with Crippen LogP contribution in [0.4, 0.5) is 5.69 Å². The number of nitrogens with zero attached hydrogens (tertiary/aromatic N) is 1. The van der Waals surface area contributed by atoms with Crippen molar-refractivity contribution in [1.29, 1.82) is 0 Å². The zero-order valence-corrected chi connectivity index (χ0v) is 16.3. The van der Waals surface area contributed by atoms with Gasteiger partial charge in [0.2, 0.25) is 5.91 Å². The van der Waals surface area contributed by atoms with Crippen LogP contribution in [-0.2, 0) is 19.4 Å². The maximum Gasteiger partial charge on any atom is 0.254 e. The van der Waals surface area contributed by atoms with Gasteiger partial charge in [0, 0.05) is 30.8 Å². The van der Waals surface area contributed by atoms with Crippen LogP contribution in [0.3, 0.4) is 0 Å². The first-order chi connectivity index (χ1) is 12.8. The summed E-state index contributed by atoms with van der Waals surface area (Å²) in [5.41, 5.74) is 1.11. The Bertz CT molecular complexity index is 808. The van der Waals surface area contributed by atoms with E-state index in [0.29, 0.717) is 43.8 Å². The number of carbonyl (C=O) groups is 2. The molecule has 0 aromatic heterocycles. The summed E-state index contributed by atoms with van der Waals surface area (Å²) in [5, 5.41) is 2.81. The zero-order valence-electron chi connectivity index (χ0n) is 15.5. The largest absolute Gasteiger partial charge is 0.375 e. The lowest BCUT2D eigenvalue weighted by Gasteiger charge is -2.31. The van der Waals surface area contributed by atoms with Crippen molar-refractivity contribution in [3.8, 4) is 0 Å². The fraction of sp³-hybridized carbons (Fsp3) is 0.579. The van der Waals surface area contributed by atoms with Crippen molar-refractivity contribution in [3.05, 3.63) is 29.8 Å². The van der Waals surface area contributed by atoms with Gasteiger partial charge in [-0.1, -0.05) is 6.07 Å². The van der Waals surface area contributed by atoms with E-state index in [9.17, 15) is 18.0 Å². The summed E-state index contributed by atoms with van der Waals surface area (Å²) in [4.78, 5) is 26.6. The SMILES string of the molecule is CC1CN(C(=O)c2cccc(NC(=O)CCC3CCS(=O)(=O)C3)c2)CCO1. The van der Waals surface area contributed by atoms with Crippen LogP contribution >= 0.6 is 0 Å². The van der Waals surface area contributed by atoms with E-state index in [4.69, 9.17) is 4.74 Å². The van der Waals surface area contributed by atoms with E-state index in [-0.39, 0.29) is 41.8 Å². The molecule has 1 N–H and O–H groups in total. The molecule has 0 aliphatic carbocycles. The lowest BCUT2D eigenvalue weighted by molar-refractivity contribution is -0.116. The quantitative estimate of drug-likeness (QED) is 0.821. The van der Waals surface area contributed by atoms with Crippen molar-refractivity contribution >= 4 is 27.3 Å². The van der Waals surface area contributed by atoms with E-state index in [1.165, 1.54) is 0 Å². The predicted octanol–water partition coefficient (Wildman–Crippen LogP) is 1.70. The standard InChI is InChI=1S/C19H26N2O5S/c1-14-12-21(8-9-26-14)19(23)16-3-2-4-17(11-16)20-18(22)6-5-15-7-10-27(24,25)13-15/h2-4,11,14-15H,5-10,12-13H2,1H3,(H,20,22). The Hall–Kier alpha value is -1.93. The first-order valence-corrected chi connectivity index (χ1v) is 11.2. The molecular formula is C19H26N2O5S. The van der Waals surface area contributed by atoms with Crippen molar-refractivity contribution in [2.75, 3.05) is 36.5 Å². The molecule has 1 aromatic carbocycles.